The van der Waals surface area contributed by atoms with E-state index in [1.54, 1.807) is 11.5 Å². The number of hydrogen-bond donors (Lipinski definition) is 0. The highest BCUT2D eigenvalue weighted by molar-refractivity contribution is 7.05. The molecule has 0 amide bonds. The predicted molar refractivity (Wildman–Crippen MR) is 87.5 cm³/mol. The van der Waals surface area contributed by atoms with Gasteiger partial charge in [-0.05, 0) is 62.6 Å². The summed E-state index contributed by atoms with van der Waals surface area (Å²) < 4.78 is 4.08. The van der Waals surface area contributed by atoms with Crippen LogP contribution in [0.1, 0.15) is 43.7 Å². The van der Waals surface area contributed by atoms with Gasteiger partial charge in [0.1, 0.15) is 0 Å². The minimum Gasteiger partial charge on any atom is -0.299 e. The summed E-state index contributed by atoms with van der Waals surface area (Å²) in [6, 6.07) is 0.703. The zero-order valence-corrected chi connectivity index (χ0v) is 14.4. The molecule has 21 heavy (non-hydrogen) atoms. The van der Waals surface area contributed by atoms with Crippen LogP contribution in [0.5, 0.6) is 0 Å². The lowest BCUT2D eigenvalue weighted by Crippen LogP contribution is -2.45. The standard InChI is InChI=1S/C16H28N4S/c1-12(2)15-10-19(11-16-13(3)17-18-21-16)7-4-8-20(15)9-14-5-6-14/h12,14-15H,4-11H2,1-3H3. The Bertz CT molecular complexity index is 455. The fourth-order valence-corrected chi connectivity index (χ4v) is 4.04. The fraction of sp³-hybridized carbons (Fsp3) is 0.875. The molecule has 0 spiro atoms. The molecule has 0 N–H and O–H groups in total. The Hall–Kier alpha value is -0.520. The van der Waals surface area contributed by atoms with Crippen molar-refractivity contribution in [3.63, 3.8) is 0 Å². The molecule has 4 nitrogen and oxygen atoms in total. The van der Waals surface area contributed by atoms with Crippen molar-refractivity contribution in [1.29, 1.82) is 0 Å². The van der Waals surface area contributed by atoms with E-state index in [1.165, 1.54) is 50.3 Å². The molecule has 1 atom stereocenters. The molecule has 1 aliphatic heterocycles. The van der Waals surface area contributed by atoms with E-state index in [9.17, 15) is 0 Å². The molecule has 0 bridgehead atoms. The molecule has 1 saturated carbocycles. The molecule has 5 heteroatoms. The summed E-state index contributed by atoms with van der Waals surface area (Å²) in [7, 11) is 0. The van der Waals surface area contributed by atoms with Gasteiger partial charge in [0.25, 0.3) is 0 Å². The number of aromatic nitrogens is 2. The second kappa shape index (κ2) is 6.71. The van der Waals surface area contributed by atoms with Crippen LogP contribution in [-0.4, -0.2) is 51.6 Å². The molecule has 0 radical (unpaired) electrons. The maximum atomic E-state index is 4.15. The Morgan fingerprint density at radius 1 is 1.29 bits per heavy atom. The van der Waals surface area contributed by atoms with Crippen LogP contribution in [0.4, 0.5) is 0 Å². The first-order chi connectivity index (χ1) is 10.1. The van der Waals surface area contributed by atoms with E-state index >= 15 is 0 Å². The summed E-state index contributed by atoms with van der Waals surface area (Å²) in [5, 5.41) is 4.15. The van der Waals surface area contributed by atoms with Crippen LogP contribution in [0, 0.1) is 18.8 Å². The van der Waals surface area contributed by atoms with Gasteiger partial charge in [0, 0.05) is 25.7 Å². The normalized spacial score (nSPS) is 25.4. The zero-order chi connectivity index (χ0) is 14.8. The number of rotatable bonds is 5. The summed E-state index contributed by atoms with van der Waals surface area (Å²) in [6.45, 7) is 12.9. The summed E-state index contributed by atoms with van der Waals surface area (Å²) >= 11 is 1.56. The average Bonchev–Trinajstić information content (AvgIpc) is 3.20. The minimum absolute atomic E-state index is 0.703. The highest BCUT2D eigenvalue weighted by atomic mass is 32.1. The largest absolute Gasteiger partial charge is 0.299 e. The van der Waals surface area contributed by atoms with Crippen molar-refractivity contribution in [2.24, 2.45) is 11.8 Å². The molecule has 0 aromatic carbocycles. The van der Waals surface area contributed by atoms with Crippen molar-refractivity contribution in [2.45, 2.75) is 52.6 Å². The van der Waals surface area contributed by atoms with Crippen molar-refractivity contribution in [3.8, 4) is 0 Å². The topological polar surface area (TPSA) is 32.3 Å². The Kier molecular flexibility index (Phi) is 4.92. The third-order valence-corrected chi connectivity index (χ3v) is 5.71. The Morgan fingerprint density at radius 3 is 2.71 bits per heavy atom. The molecule has 3 rings (SSSR count). The summed E-state index contributed by atoms with van der Waals surface area (Å²) in [4.78, 5) is 6.74. The summed E-state index contributed by atoms with van der Waals surface area (Å²) in [5.41, 5.74) is 1.11. The maximum absolute atomic E-state index is 4.15. The van der Waals surface area contributed by atoms with Crippen LogP contribution in [0.15, 0.2) is 0 Å². The van der Waals surface area contributed by atoms with Gasteiger partial charge in [-0.2, -0.15) is 0 Å². The van der Waals surface area contributed by atoms with Crippen LogP contribution in [0.25, 0.3) is 0 Å². The number of aryl methyl sites for hydroxylation is 1. The van der Waals surface area contributed by atoms with Crippen LogP contribution in [-0.2, 0) is 6.54 Å². The first-order valence-corrected chi connectivity index (χ1v) is 9.15. The molecule has 2 aliphatic rings. The molecule has 2 fully saturated rings. The lowest BCUT2D eigenvalue weighted by molar-refractivity contribution is 0.132. The minimum atomic E-state index is 0.703. The maximum Gasteiger partial charge on any atom is 0.0769 e. The first kappa shape index (κ1) is 15.4. The first-order valence-electron chi connectivity index (χ1n) is 8.37. The zero-order valence-electron chi connectivity index (χ0n) is 13.6. The van der Waals surface area contributed by atoms with Gasteiger partial charge in [0.05, 0.1) is 10.6 Å². The average molecular weight is 308 g/mol. The molecular formula is C16H28N4S. The molecular weight excluding hydrogens is 280 g/mol. The Balaban J connectivity index is 1.65. The van der Waals surface area contributed by atoms with Gasteiger partial charge < -0.3 is 0 Å². The smallest absolute Gasteiger partial charge is 0.0769 e. The second-order valence-corrected chi connectivity index (χ2v) is 7.96. The van der Waals surface area contributed by atoms with Crippen molar-refractivity contribution in [1.82, 2.24) is 19.4 Å². The molecule has 1 saturated heterocycles. The van der Waals surface area contributed by atoms with Crippen molar-refractivity contribution >= 4 is 11.5 Å². The Labute approximate surface area is 132 Å². The van der Waals surface area contributed by atoms with Crippen molar-refractivity contribution < 1.29 is 0 Å². The van der Waals surface area contributed by atoms with E-state index in [2.05, 4.69) is 40.2 Å². The van der Waals surface area contributed by atoms with Crippen LogP contribution >= 0.6 is 11.5 Å². The lowest BCUT2D eigenvalue weighted by Gasteiger charge is -2.34. The van der Waals surface area contributed by atoms with E-state index in [0.717, 1.165) is 24.1 Å². The molecule has 1 aromatic rings. The van der Waals surface area contributed by atoms with E-state index in [4.69, 9.17) is 0 Å². The van der Waals surface area contributed by atoms with Crippen molar-refractivity contribution in [3.05, 3.63) is 10.6 Å². The summed E-state index contributed by atoms with van der Waals surface area (Å²) in [5.74, 6) is 1.72. The van der Waals surface area contributed by atoms with E-state index in [-0.39, 0.29) is 0 Å². The van der Waals surface area contributed by atoms with Gasteiger partial charge in [0.15, 0.2) is 0 Å². The van der Waals surface area contributed by atoms with Gasteiger partial charge in [-0.1, -0.05) is 18.3 Å². The monoisotopic (exact) mass is 308 g/mol. The molecule has 1 unspecified atom stereocenters. The van der Waals surface area contributed by atoms with Gasteiger partial charge in [-0.25, -0.2) is 0 Å². The highest BCUT2D eigenvalue weighted by Gasteiger charge is 2.32. The Morgan fingerprint density at radius 2 is 2.10 bits per heavy atom. The second-order valence-electron chi connectivity index (χ2n) is 7.12. The SMILES string of the molecule is Cc1nnsc1CN1CCCN(CC2CC2)C(C(C)C)C1. The van der Waals surface area contributed by atoms with Crippen molar-refractivity contribution in [2.75, 3.05) is 26.2 Å². The quantitative estimate of drug-likeness (QED) is 0.837. The van der Waals surface area contributed by atoms with Crippen LogP contribution in [0.3, 0.4) is 0 Å². The third kappa shape index (κ3) is 4.02. The lowest BCUT2D eigenvalue weighted by atomic mass is 10.0. The van der Waals surface area contributed by atoms with Gasteiger partial charge in [-0.15, -0.1) is 5.10 Å². The molecule has 1 aromatic heterocycles. The summed E-state index contributed by atoms with van der Waals surface area (Å²) in [6.07, 6.45) is 4.20. The van der Waals surface area contributed by atoms with Crippen LogP contribution < -0.4 is 0 Å². The molecule has 1 aliphatic carbocycles. The van der Waals surface area contributed by atoms with Crippen LogP contribution in [0.2, 0.25) is 0 Å². The number of hydrogen-bond acceptors (Lipinski definition) is 5. The van der Waals surface area contributed by atoms with E-state index < -0.39 is 0 Å². The van der Waals surface area contributed by atoms with Gasteiger partial charge >= 0.3 is 0 Å². The fourth-order valence-electron chi connectivity index (χ4n) is 3.37. The van der Waals surface area contributed by atoms with E-state index in [1.807, 2.05) is 0 Å². The number of nitrogens with zero attached hydrogens (tertiary/aromatic N) is 4. The highest BCUT2D eigenvalue weighted by Crippen LogP contribution is 2.32. The van der Waals surface area contributed by atoms with E-state index in [0.29, 0.717) is 6.04 Å². The molecule has 2 heterocycles. The van der Waals surface area contributed by atoms with Gasteiger partial charge in [0.2, 0.25) is 0 Å². The predicted octanol–water partition coefficient (Wildman–Crippen LogP) is 2.79. The third-order valence-electron chi connectivity index (χ3n) is 4.91. The van der Waals surface area contributed by atoms with Gasteiger partial charge in [-0.3, -0.25) is 9.80 Å². The molecule has 118 valence electrons.